The molecule has 3 N–H and O–H groups in total. The highest BCUT2D eigenvalue weighted by Gasteiger charge is 2.01. The lowest BCUT2D eigenvalue weighted by Gasteiger charge is -2.15. The lowest BCUT2D eigenvalue weighted by atomic mass is 10.1. The van der Waals surface area contributed by atoms with E-state index in [1.165, 1.54) is 5.56 Å². The molecule has 0 aromatic heterocycles. The van der Waals surface area contributed by atoms with Crippen molar-refractivity contribution in [2.75, 3.05) is 20.3 Å². The summed E-state index contributed by atoms with van der Waals surface area (Å²) < 4.78 is 4.99. The van der Waals surface area contributed by atoms with E-state index in [0.29, 0.717) is 18.3 Å². The topological polar surface area (TPSA) is 45.3 Å². The van der Waals surface area contributed by atoms with Crippen LogP contribution in [0.5, 0.6) is 0 Å². The molecule has 2 rings (SSSR count). The highest BCUT2D eigenvalue weighted by molar-refractivity contribution is 7.80. The Bertz CT molecular complexity index is 644. The van der Waals surface area contributed by atoms with Gasteiger partial charge in [-0.1, -0.05) is 60.7 Å². The van der Waals surface area contributed by atoms with Gasteiger partial charge in [-0.15, -0.1) is 0 Å². The normalized spacial score (nSPS) is 11.0. The zero-order valence-corrected chi connectivity index (χ0v) is 14.6. The molecule has 2 aromatic rings. The van der Waals surface area contributed by atoms with Crippen molar-refractivity contribution in [2.45, 2.75) is 6.42 Å². The van der Waals surface area contributed by atoms with E-state index in [2.05, 4.69) is 46.5 Å². The second-order valence-corrected chi connectivity index (χ2v) is 5.65. The van der Waals surface area contributed by atoms with Crippen LogP contribution in [0.3, 0.4) is 0 Å². The van der Waals surface area contributed by atoms with Crippen LogP contribution in [0.1, 0.15) is 11.1 Å². The first-order valence-electron chi connectivity index (χ1n) is 7.86. The minimum atomic E-state index is 0.541. The van der Waals surface area contributed by atoms with E-state index in [1.807, 2.05) is 36.4 Å². The minimum Gasteiger partial charge on any atom is -0.383 e. The van der Waals surface area contributed by atoms with Gasteiger partial charge in [0.15, 0.2) is 5.11 Å². The van der Waals surface area contributed by atoms with Crippen LogP contribution in [0.25, 0.3) is 6.08 Å². The fourth-order valence-corrected chi connectivity index (χ4v) is 2.30. The Hall–Kier alpha value is -2.37. The SMILES string of the molecule is COCCNC(=S)NN/C(=C/c1ccccc1)Cc1ccccc1. The molecule has 126 valence electrons. The minimum absolute atomic E-state index is 0.541. The maximum atomic E-state index is 5.25. The Labute approximate surface area is 148 Å². The van der Waals surface area contributed by atoms with Crippen LogP contribution in [0.15, 0.2) is 66.4 Å². The van der Waals surface area contributed by atoms with Crippen molar-refractivity contribution in [1.82, 2.24) is 16.2 Å². The average molecular weight is 341 g/mol. The van der Waals surface area contributed by atoms with E-state index in [0.717, 1.165) is 17.7 Å². The number of hydrogen-bond acceptors (Lipinski definition) is 3. The van der Waals surface area contributed by atoms with Gasteiger partial charge in [-0.3, -0.25) is 5.43 Å². The molecule has 2 aromatic carbocycles. The van der Waals surface area contributed by atoms with Gasteiger partial charge in [0.25, 0.3) is 0 Å². The fourth-order valence-electron chi connectivity index (χ4n) is 2.15. The van der Waals surface area contributed by atoms with Crippen molar-refractivity contribution >= 4 is 23.4 Å². The summed E-state index contributed by atoms with van der Waals surface area (Å²) in [7, 11) is 1.66. The molecule has 0 radical (unpaired) electrons. The van der Waals surface area contributed by atoms with Gasteiger partial charge in [-0.05, 0) is 29.4 Å². The lowest BCUT2D eigenvalue weighted by Crippen LogP contribution is -2.44. The maximum absolute atomic E-state index is 5.25. The number of benzene rings is 2. The molecular formula is C19H23N3OS. The van der Waals surface area contributed by atoms with Gasteiger partial charge < -0.3 is 15.5 Å². The van der Waals surface area contributed by atoms with E-state index < -0.39 is 0 Å². The molecule has 4 nitrogen and oxygen atoms in total. The summed E-state index contributed by atoms with van der Waals surface area (Å²) in [5, 5.41) is 3.61. The maximum Gasteiger partial charge on any atom is 0.185 e. The van der Waals surface area contributed by atoms with Crippen LogP contribution < -0.4 is 16.2 Å². The van der Waals surface area contributed by atoms with Crippen molar-refractivity contribution in [3.8, 4) is 0 Å². The first-order valence-corrected chi connectivity index (χ1v) is 8.27. The van der Waals surface area contributed by atoms with Crippen molar-refractivity contribution in [2.24, 2.45) is 0 Å². The van der Waals surface area contributed by atoms with Gasteiger partial charge in [0, 0.05) is 25.8 Å². The zero-order chi connectivity index (χ0) is 17.0. The smallest absolute Gasteiger partial charge is 0.185 e. The summed E-state index contributed by atoms with van der Waals surface area (Å²) in [6.07, 6.45) is 2.89. The number of rotatable bonds is 8. The number of thiocarbonyl (C=S) groups is 1. The summed E-state index contributed by atoms with van der Waals surface area (Å²) in [5.41, 5.74) is 9.63. The quantitative estimate of drug-likeness (QED) is 0.391. The van der Waals surface area contributed by atoms with Crippen LogP contribution in [-0.2, 0) is 11.2 Å². The van der Waals surface area contributed by atoms with E-state index in [-0.39, 0.29) is 0 Å². The van der Waals surface area contributed by atoms with E-state index in [4.69, 9.17) is 17.0 Å². The van der Waals surface area contributed by atoms with Gasteiger partial charge >= 0.3 is 0 Å². The Morgan fingerprint density at radius 1 is 1.00 bits per heavy atom. The van der Waals surface area contributed by atoms with E-state index in [9.17, 15) is 0 Å². The third kappa shape index (κ3) is 6.81. The molecule has 0 amide bonds. The summed E-state index contributed by atoms with van der Waals surface area (Å²) in [6.45, 7) is 1.28. The van der Waals surface area contributed by atoms with Crippen LogP contribution in [0, 0.1) is 0 Å². The first kappa shape index (κ1) is 18.0. The molecule has 0 saturated heterocycles. The second kappa shape index (κ2) is 10.4. The van der Waals surface area contributed by atoms with Gasteiger partial charge in [0.05, 0.1) is 6.61 Å². The Morgan fingerprint density at radius 2 is 1.67 bits per heavy atom. The summed E-state index contributed by atoms with van der Waals surface area (Å²) in [4.78, 5) is 0. The molecule has 0 saturated carbocycles. The largest absolute Gasteiger partial charge is 0.383 e. The second-order valence-electron chi connectivity index (χ2n) is 5.24. The predicted octanol–water partition coefficient (Wildman–Crippen LogP) is 2.89. The van der Waals surface area contributed by atoms with Gasteiger partial charge in [-0.2, -0.15) is 0 Å². The average Bonchev–Trinajstić information content (AvgIpc) is 2.62. The van der Waals surface area contributed by atoms with Crippen LogP contribution in [-0.4, -0.2) is 25.4 Å². The zero-order valence-electron chi connectivity index (χ0n) is 13.8. The van der Waals surface area contributed by atoms with Gasteiger partial charge in [-0.25, -0.2) is 0 Å². The number of hydrazine groups is 1. The number of hydrogen-bond donors (Lipinski definition) is 3. The highest BCUT2D eigenvalue weighted by Crippen LogP contribution is 2.10. The molecular weight excluding hydrogens is 318 g/mol. The number of allylic oxidation sites excluding steroid dienone is 1. The fraction of sp³-hybridized carbons (Fsp3) is 0.211. The molecule has 5 heteroatoms. The van der Waals surface area contributed by atoms with E-state index in [1.54, 1.807) is 7.11 Å². The first-order chi connectivity index (χ1) is 11.8. The van der Waals surface area contributed by atoms with E-state index >= 15 is 0 Å². The number of nitrogens with one attached hydrogen (secondary N) is 3. The molecule has 0 fully saturated rings. The molecule has 24 heavy (non-hydrogen) atoms. The standard InChI is InChI=1S/C19H23N3OS/c1-23-13-12-20-19(24)22-21-18(14-16-8-4-2-5-9-16)15-17-10-6-3-7-11-17/h2-11,14,21H,12-13,15H2,1H3,(H2,20,22,24)/b18-14+. The summed E-state index contributed by atoms with van der Waals surface area (Å²) >= 11 is 5.25. The summed E-state index contributed by atoms with van der Waals surface area (Å²) in [6, 6.07) is 20.5. The third-order valence-electron chi connectivity index (χ3n) is 3.31. The van der Waals surface area contributed by atoms with Gasteiger partial charge in [0.2, 0.25) is 0 Å². The van der Waals surface area contributed by atoms with Gasteiger partial charge in [0.1, 0.15) is 0 Å². The molecule has 0 heterocycles. The van der Waals surface area contributed by atoms with Crippen LogP contribution in [0.2, 0.25) is 0 Å². The molecule has 0 aliphatic heterocycles. The molecule has 0 aliphatic rings. The lowest BCUT2D eigenvalue weighted by molar-refractivity contribution is 0.204. The Kier molecular flexibility index (Phi) is 7.80. The summed E-state index contributed by atoms with van der Waals surface area (Å²) in [5.74, 6) is 0. The molecule has 0 bridgehead atoms. The van der Waals surface area contributed by atoms with Crippen molar-refractivity contribution in [3.05, 3.63) is 77.5 Å². The number of methoxy groups -OCH3 is 1. The van der Waals surface area contributed by atoms with Crippen molar-refractivity contribution < 1.29 is 4.74 Å². The molecule has 0 unspecified atom stereocenters. The highest BCUT2D eigenvalue weighted by atomic mass is 32.1. The monoisotopic (exact) mass is 341 g/mol. The number of ether oxygens (including phenoxy) is 1. The van der Waals surface area contributed by atoms with Crippen molar-refractivity contribution in [3.63, 3.8) is 0 Å². The molecule has 0 atom stereocenters. The Morgan fingerprint density at radius 3 is 2.33 bits per heavy atom. The van der Waals surface area contributed by atoms with Crippen LogP contribution >= 0.6 is 12.2 Å². The predicted molar refractivity (Wildman–Crippen MR) is 103 cm³/mol. The van der Waals surface area contributed by atoms with Crippen molar-refractivity contribution in [1.29, 1.82) is 0 Å². The molecule has 0 spiro atoms. The molecule has 0 aliphatic carbocycles. The van der Waals surface area contributed by atoms with Crippen LogP contribution in [0.4, 0.5) is 0 Å². The third-order valence-corrected chi connectivity index (χ3v) is 3.55. The Balaban J connectivity index is 2.00.